The van der Waals surface area contributed by atoms with Crippen LogP contribution in [0, 0.1) is 0 Å². The summed E-state index contributed by atoms with van der Waals surface area (Å²) >= 11 is 0. The fourth-order valence-electron chi connectivity index (χ4n) is 3.71. The number of aliphatic hydroxyl groups is 1. The van der Waals surface area contributed by atoms with Crippen LogP contribution in [0.3, 0.4) is 0 Å². The number of hydrogen-bond donors (Lipinski definition) is 1. The van der Waals surface area contributed by atoms with Crippen molar-refractivity contribution in [2.24, 2.45) is 0 Å². The number of carbonyl (C=O) groups excluding carboxylic acids is 1. The topological polar surface area (TPSA) is 43.8 Å². The SMILES string of the molecule is CCC(=O)N(c1ccccc1)C1CCN([C@@H](O)Cc2ccccc2)CC1. The van der Waals surface area contributed by atoms with Crippen molar-refractivity contribution in [3.05, 3.63) is 66.2 Å². The van der Waals surface area contributed by atoms with E-state index >= 15 is 0 Å². The molecular formula is C22H28N2O2. The summed E-state index contributed by atoms with van der Waals surface area (Å²) in [7, 11) is 0. The minimum atomic E-state index is -0.467. The van der Waals surface area contributed by atoms with Gasteiger partial charge in [0.2, 0.25) is 5.91 Å². The van der Waals surface area contributed by atoms with Gasteiger partial charge in [-0.15, -0.1) is 0 Å². The van der Waals surface area contributed by atoms with Crippen molar-refractivity contribution in [2.45, 2.75) is 44.9 Å². The standard InChI is InChI=1S/C22H28N2O2/c1-2-21(25)24(19-11-7-4-8-12-19)20-13-15-23(16-14-20)22(26)17-18-9-5-3-6-10-18/h3-12,20,22,26H,2,13-17H2,1H3/t22-/m0/s1. The number of benzene rings is 2. The Morgan fingerprint density at radius 1 is 1.08 bits per heavy atom. The van der Waals surface area contributed by atoms with Crippen LogP contribution in [0.25, 0.3) is 0 Å². The van der Waals surface area contributed by atoms with E-state index in [1.54, 1.807) is 0 Å². The maximum atomic E-state index is 12.5. The predicted molar refractivity (Wildman–Crippen MR) is 105 cm³/mol. The summed E-state index contributed by atoms with van der Waals surface area (Å²) in [5.41, 5.74) is 2.12. The zero-order chi connectivity index (χ0) is 18.4. The summed E-state index contributed by atoms with van der Waals surface area (Å²) < 4.78 is 0. The fourth-order valence-corrected chi connectivity index (χ4v) is 3.71. The second-order valence-electron chi connectivity index (χ2n) is 6.89. The number of para-hydroxylation sites is 1. The Kier molecular flexibility index (Phi) is 6.42. The molecule has 0 aromatic heterocycles. The van der Waals surface area contributed by atoms with E-state index in [9.17, 15) is 9.90 Å². The largest absolute Gasteiger partial charge is 0.378 e. The molecule has 3 rings (SSSR count). The van der Waals surface area contributed by atoms with Crippen molar-refractivity contribution >= 4 is 11.6 Å². The van der Waals surface area contributed by atoms with E-state index in [1.165, 1.54) is 0 Å². The highest BCUT2D eigenvalue weighted by atomic mass is 16.3. The van der Waals surface area contributed by atoms with Crippen LogP contribution in [0.5, 0.6) is 0 Å². The van der Waals surface area contributed by atoms with Crippen LogP contribution in [-0.4, -0.2) is 41.3 Å². The second-order valence-corrected chi connectivity index (χ2v) is 6.89. The van der Waals surface area contributed by atoms with Crippen LogP contribution in [0.1, 0.15) is 31.7 Å². The number of hydrogen-bond acceptors (Lipinski definition) is 3. The lowest BCUT2D eigenvalue weighted by atomic mass is 10.0. The first-order chi connectivity index (χ1) is 12.7. The Hall–Kier alpha value is -2.17. The van der Waals surface area contributed by atoms with E-state index in [0.717, 1.165) is 37.2 Å². The lowest BCUT2D eigenvalue weighted by Gasteiger charge is -2.40. The lowest BCUT2D eigenvalue weighted by molar-refractivity contribution is -0.119. The monoisotopic (exact) mass is 352 g/mol. The molecule has 1 amide bonds. The molecule has 1 saturated heterocycles. The van der Waals surface area contributed by atoms with Crippen molar-refractivity contribution < 1.29 is 9.90 Å². The molecule has 0 unspecified atom stereocenters. The van der Waals surface area contributed by atoms with E-state index in [1.807, 2.05) is 72.5 Å². The molecule has 0 spiro atoms. The van der Waals surface area contributed by atoms with E-state index in [-0.39, 0.29) is 11.9 Å². The summed E-state index contributed by atoms with van der Waals surface area (Å²) in [5.74, 6) is 0.166. The number of carbonyl (C=O) groups is 1. The molecule has 2 aromatic carbocycles. The molecule has 1 atom stereocenters. The molecule has 0 aliphatic carbocycles. The molecule has 0 radical (unpaired) electrons. The average Bonchev–Trinajstić information content (AvgIpc) is 2.70. The number of rotatable bonds is 6. The normalized spacial score (nSPS) is 17.0. The number of aliphatic hydroxyl groups excluding tert-OH is 1. The molecule has 1 aliphatic heterocycles. The van der Waals surface area contributed by atoms with E-state index in [2.05, 4.69) is 4.90 Å². The third-order valence-corrected chi connectivity index (χ3v) is 5.15. The van der Waals surface area contributed by atoms with Crippen molar-refractivity contribution in [1.82, 2.24) is 4.90 Å². The third-order valence-electron chi connectivity index (χ3n) is 5.15. The van der Waals surface area contributed by atoms with Gasteiger partial charge in [0.05, 0.1) is 0 Å². The number of nitrogens with zero attached hydrogens (tertiary/aromatic N) is 2. The van der Waals surface area contributed by atoms with Crippen LogP contribution in [0.4, 0.5) is 5.69 Å². The Labute approximate surface area is 156 Å². The molecule has 0 saturated carbocycles. The van der Waals surface area contributed by atoms with Crippen LogP contribution in [0.15, 0.2) is 60.7 Å². The Morgan fingerprint density at radius 3 is 2.23 bits per heavy atom. The van der Waals surface area contributed by atoms with E-state index in [0.29, 0.717) is 12.8 Å². The number of likely N-dealkylation sites (tertiary alicyclic amines) is 1. The van der Waals surface area contributed by atoms with Gasteiger partial charge in [0, 0.05) is 37.7 Å². The van der Waals surface area contributed by atoms with Gasteiger partial charge < -0.3 is 10.0 Å². The van der Waals surface area contributed by atoms with Crippen molar-refractivity contribution in [3.63, 3.8) is 0 Å². The molecule has 1 fully saturated rings. The van der Waals surface area contributed by atoms with Crippen LogP contribution in [0.2, 0.25) is 0 Å². The van der Waals surface area contributed by atoms with Crippen molar-refractivity contribution in [3.8, 4) is 0 Å². The third kappa shape index (κ3) is 4.51. The van der Waals surface area contributed by atoms with Gasteiger partial charge in [-0.3, -0.25) is 9.69 Å². The molecule has 1 aliphatic rings. The molecule has 2 aromatic rings. The van der Waals surface area contributed by atoms with Crippen LogP contribution in [-0.2, 0) is 11.2 Å². The van der Waals surface area contributed by atoms with Gasteiger partial charge in [-0.2, -0.15) is 0 Å². The Bertz CT molecular complexity index is 682. The van der Waals surface area contributed by atoms with Gasteiger partial charge in [0.15, 0.2) is 0 Å². The number of amides is 1. The highest BCUT2D eigenvalue weighted by Gasteiger charge is 2.30. The van der Waals surface area contributed by atoms with E-state index in [4.69, 9.17) is 0 Å². The van der Waals surface area contributed by atoms with Gasteiger partial charge in [0.1, 0.15) is 6.23 Å². The molecule has 1 heterocycles. The molecule has 4 nitrogen and oxygen atoms in total. The smallest absolute Gasteiger partial charge is 0.226 e. The van der Waals surface area contributed by atoms with Gasteiger partial charge in [-0.25, -0.2) is 0 Å². The van der Waals surface area contributed by atoms with E-state index < -0.39 is 6.23 Å². The fraction of sp³-hybridized carbons (Fsp3) is 0.409. The first-order valence-corrected chi connectivity index (χ1v) is 9.52. The number of piperidine rings is 1. The van der Waals surface area contributed by atoms with Crippen LogP contribution >= 0.6 is 0 Å². The van der Waals surface area contributed by atoms with Crippen molar-refractivity contribution in [2.75, 3.05) is 18.0 Å². The minimum Gasteiger partial charge on any atom is -0.378 e. The lowest BCUT2D eigenvalue weighted by Crippen LogP contribution is -2.50. The molecule has 1 N–H and O–H groups in total. The van der Waals surface area contributed by atoms with Gasteiger partial charge >= 0.3 is 0 Å². The first kappa shape index (κ1) is 18.6. The zero-order valence-electron chi connectivity index (χ0n) is 15.4. The van der Waals surface area contributed by atoms with Gasteiger partial charge in [0.25, 0.3) is 0 Å². The molecule has 26 heavy (non-hydrogen) atoms. The Balaban J connectivity index is 1.62. The maximum Gasteiger partial charge on any atom is 0.226 e. The quantitative estimate of drug-likeness (QED) is 0.866. The van der Waals surface area contributed by atoms with Gasteiger partial charge in [-0.05, 0) is 30.5 Å². The molecule has 0 bridgehead atoms. The summed E-state index contributed by atoms with van der Waals surface area (Å²) in [6.07, 6.45) is 2.44. The highest BCUT2D eigenvalue weighted by molar-refractivity contribution is 5.93. The Morgan fingerprint density at radius 2 is 1.65 bits per heavy atom. The molecular weight excluding hydrogens is 324 g/mol. The number of anilines is 1. The summed E-state index contributed by atoms with van der Waals surface area (Å²) in [4.78, 5) is 16.6. The molecule has 4 heteroatoms. The highest BCUT2D eigenvalue weighted by Crippen LogP contribution is 2.25. The van der Waals surface area contributed by atoms with Crippen LogP contribution < -0.4 is 4.90 Å². The maximum absolute atomic E-state index is 12.5. The molecule has 138 valence electrons. The van der Waals surface area contributed by atoms with Gasteiger partial charge in [-0.1, -0.05) is 55.5 Å². The first-order valence-electron chi connectivity index (χ1n) is 9.52. The summed E-state index contributed by atoms with van der Waals surface area (Å²) in [6.45, 7) is 3.52. The predicted octanol–water partition coefficient (Wildman–Crippen LogP) is 3.46. The zero-order valence-corrected chi connectivity index (χ0v) is 15.4. The second kappa shape index (κ2) is 8.97. The summed E-state index contributed by atoms with van der Waals surface area (Å²) in [6, 6.07) is 20.2. The summed E-state index contributed by atoms with van der Waals surface area (Å²) in [5, 5.41) is 10.6. The minimum absolute atomic E-state index is 0.166. The van der Waals surface area contributed by atoms with Crippen molar-refractivity contribution in [1.29, 1.82) is 0 Å². The average molecular weight is 352 g/mol.